The largest absolute Gasteiger partial charge is 0.309 e. The first kappa shape index (κ1) is 12.9. The first-order valence-corrected chi connectivity index (χ1v) is 5.59. The molecule has 1 rings (SSSR count). The molecule has 0 aromatic carbocycles. The lowest BCUT2D eigenvalue weighted by Crippen LogP contribution is -2.55. The van der Waals surface area contributed by atoms with Gasteiger partial charge in [0.2, 0.25) is 0 Å². The van der Waals surface area contributed by atoms with Crippen molar-refractivity contribution in [2.45, 2.75) is 59.7 Å². The Morgan fingerprint density at radius 3 is 1.77 bits per heavy atom. The molecule has 13 heavy (non-hydrogen) atoms. The van der Waals surface area contributed by atoms with Crippen LogP contribution in [0.2, 0.25) is 0 Å². The highest BCUT2D eigenvalue weighted by Crippen LogP contribution is 2.07. The molecule has 0 aromatic heterocycles. The standard InChI is InChI=1S/C9H20N2.C2H6/c1-7(2)11-5-8(3)10-9(4)6-11;1-2/h7-10H,5-6H2,1-4H3;1-2H3. The van der Waals surface area contributed by atoms with E-state index in [0.29, 0.717) is 18.1 Å². The second-order valence-corrected chi connectivity index (χ2v) is 4.02. The smallest absolute Gasteiger partial charge is 0.0169 e. The minimum absolute atomic E-state index is 0.654. The first-order chi connectivity index (χ1) is 6.09. The van der Waals surface area contributed by atoms with Gasteiger partial charge in [-0.2, -0.15) is 0 Å². The first-order valence-electron chi connectivity index (χ1n) is 5.59. The van der Waals surface area contributed by atoms with E-state index < -0.39 is 0 Å². The molecule has 1 fully saturated rings. The summed E-state index contributed by atoms with van der Waals surface area (Å²) >= 11 is 0. The van der Waals surface area contributed by atoms with Crippen molar-refractivity contribution in [3.8, 4) is 0 Å². The third-order valence-corrected chi connectivity index (χ3v) is 2.32. The molecule has 0 spiro atoms. The number of hydrogen-bond donors (Lipinski definition) is 1. The average molecular weight is 186 g/mol. The predicted octanol–water partition coefficient (Wildman–Crippen LogP) is 2.10. The summed E-state index contributed by atoms with van der Waals surface area (Å²) in [6.45, 7) is 15.4. The molecule has 1 N–H and O–H groups in total. The quantitative estimate of drug-likeness (QED) is 0.674. The van der Waals surface area contributed by atoms with Crippen molar-refractivity contribution in [1.82, 2.24) is 10.2 Å². The zero-order valence-electron chi connectivity index (χ0n) is 10.1. The van der Waals surface area contributed by atoms with Crippen molar-refractivity contribution < 1.29 is 0 Å². The van der Waals surface area contributed by atoms with Crippen molar-refractivity contribution in [2.24, 2.45) is 0 Å². The lowest BCUT2D eigenvalue weighted by molar-refractivity contribution is 0.139. The lowest BCUT2D eigenvalue weighted by atomic mass is 10.1. The lowest BCUT2D eigenvalue weighted by Gasteiger charge is -2.38. The van der Waals surface area contributed by atoms with Crippen LogP contribution in [0, 0.1) is 0 Å². The highest BCUT2D eigenvalue weighted by atomic mass is 15.2. The summed E-state index contributed by atoms with van der Waals surface area (Å²) < 4.78 is 0. The molecule has 1 heterocycles. The second kappa shape index (κ2) is 6.39. The van der Waals surface area contributed by atoms with Crippen molar-refractivity contribution in [3.05, 3.63) is 0 Å². The van der Waals surface area contributed by atoms with Gasteiger partial charge in [-0.05, 0) is 27.7 Å². The number of nitrogens with zero attached hydrogens (tertiary/aromatic N) is 1. The zero-order chi connectivity index (χ0) is 10.4. The molecule has 2 unspecified atom stereocenters. The van der Waals surface area contributed by atoms with Gasteiger partial charge in [0.25, 0.3) is 0 Å². The molecule has 0 radical (unpaired) electrons. The molecular weight excluding hydrogens is 160 g/mol. The van der Waals surface area contributed by atoms with Crippen molar-refractivity contribution in [2.75, 3.05) is 13.1 Å². The second-order valence-electron chi connectivity index (χ2n) is 4.02. The van der Waals surface area contributed by atoms with E-state index in [-0.39, 0.29) is 0 Å². The Balaban J connectivity index is 0.000000671. The van der Waals surface area contributed by atoms with Crippen LogP contribution in [0.25, 0.3) is 0 Å². The van der Waals surface area contributed by atoms with Crippen molar-refractivity contribution in [1.29, 1.82) is 0 Å². The fourth-order valence-corrected chi connectivity index (χ4v) is 1.79. The number of hydrogen-bond acceptors (Lipinski definition) is 2. The molecule has 0 aliphatic carbocycles. The van der Waals surface area contributed by atoms with Gasteiger partial charge in [0.05, 0.1) is 0 Å². The monoisotopic (exact) mass is 186 g/mol. The molecule has 80 valence electrons. The Labute approximate surface area is 83.7 Å². The van der Waals surface area contributed by atoms with E-state index in [1.54, 1.807) is 0 Å². The van der Waals surface area contributed by atoms with Gasteiger partial charge >= 0.3 is 0 Å². The van der Waals surface area contributed by atoms with E-state index in [1.165, 1.54) is 13.1 Å². The molecule has 1 saturated heterocycles. The highest BCUT2D eigenvalue weighted by molar-refractivity contribution is 4.82. The normalized spacial score (nSPS) is 29.8. The topological polar surface area (TPSA) is 15.3 Å². The third kappa shape index (κ3) is 4.63. The van der Waals surface area contributed by atoms with Gasteiger partial charge < -0.3 is 5.32 Å². The minimum atomic E-state index is 0.654. The number of nitrogens with one attached hydrogen (secondary N) is 1. The summed E-state index contributed by atoms with van der Waals surface area (Å²) in [5.41, 5.74) is 0. The Morgan fingerprint density at radius 1 is 1.08 bits per heavy atom. The average Bonchev–Trinajstić information content (AvgIpc) is 2.06. The molecule has 0 bridgehead atoms. The van der Waals surface area contributed by atoms with E-state index in [9.17, 15) is 0 Å². The number of rotatable bonds is 1. The van der Waals surface area contributed by atoms with Crippen molar-refractivity contribution in [3.63, 3.8) is 0 Å². The van der Waals surface area contributed by atoms with Crippen LogP contribution in [0.3, 0.4) is 0 Å². The summed E-state index contributed by atoms with van der Waals surface area (Å²) in [5, 5.41) is 3.52. The highest BCUT2D eigenvalue weighted by Gasteiger charge is 2.21. The summed E-state index contributed by atoms with van der Waals surface area (Å²) in [6, 6.07) is 2.00. The van der Waals surface area contributed by atoms with Gasteiger partial charge in [-0.25, -0.2) is 0 Å². The maximum absolute atomic E-state index is 3.52. The maximum atomic E-state index is 3.52. The maximum Gasteiger partial charge on any atom is 0.0169 e. The van der Waals surface area contributed by atoms with E-state index in [4.69, 9.17) is 0 Å². The van der Waals surface area contributed by atoms with E-state index >= 15 is 0 Å². The Morgan fingerprint density at radius 2 is 1.46 bits per heavy atom. The molecule has 1 aliphatic rings. The number of piperazine rings is 1. The summed E-state index contributed by atoms with van der Waals surface area (Å²) in [6.07, 6.45) is 0. The molecular formula is C11H26N2. The van der Waals surface area contributed by atoms with Crippen LogP contribution in [0.4, 0.5) is 0 Å². The van der Waals surface area contributed by atoms with Crippen LogP contribution < -0.4 is 5.32 Å². The fraction of sp³-hybridized carbons (Fsp3) is 1.00. The fourth-order valence-electron chi connectivity index (χ4n) is 1.79. The Hall–Kier alpha value is -0.0800. The Kier molecular flexibility index (Phi) is 6.35. The minimum Gasteiger partial charge on any atom is -0.309 e. The SMILES string of the molecule is CC.CC1CN(C(C)C)CC(C)N1. The summed E-state index contributed by atoms with van der Waals surface area (Å²) in [4.78, 5) is 2.53. The van der Waals surface area contributed by atoms with Crippen LogP contribution >= 0.6 is 0 Å². The van der Waals surface area contributed by atoms with Gasteiger partial charge in [0.1, 0.15) is 0 Å². The Bertz CT molecular complexity index is 113. The van der Waals surface area contributed by atoms with Crippen molar-refractivity contribution >= 4 is 0 Å². The van der Waals surface area contributed by atoms with E-state index in [2.05, 4.69) is 37.9 Å². The van der Waals surface area contributed by atoms with Gasteiger partial charge in [-0.3, -0.25) is 4.90 Å². The molecule has 2 atom stereocenters. The molecule has 1 aliphatic heterocycles. The summed E-state index contributed by atoms with van der Waals surface area (Å²) in [7, 11) is 0. The third-order valence-electron chi connectivity index (χ3n) is 2.32. The van der Waals surface area contributed by atoms with Crippen LogP contribution in [0.15, 0.2) is 0 Å². The van der Waals surface area contributed by atoms with Gasteiger partial charge in [-0.1, -0.05) is 13.8 Å². The molecule has 0 saturated carbocycles. The molecule has 2 heteroatoms. The van der Waals surface area contributed by atoms with Gasteiger partial charge in [0.15, 0.2) is 0 Å². The molecule has 2 nitrogen and oxygen atoms in total. The van der Waals surface area contributed by atoms with Crippen LogP contribution in [0.1, 0.15) is 41.5 Å². The zero-order valence-corrected chi connectivity index (χ0v) is 10.1. The van der Waals surface area contributed by atoms with Crippen LogP contribution in [-0.2, 0) is 0 Å². The van der Waals surface area contributed by atoms with Gasteiger partial charge in [0, 0.05) is 31.2 Å². The summed E-state index contributed by atoms with van der Waals surface area (Å²) in [5.74, 6) is 0. The molecule has 0 amide bonds. The molecule has 0 aromatic rings. The van der Waals surface area contributed by atoms with Crippen LogP contribution in [-0.4, -0.2) is 36.1 Å². The van der Waals surface area contributed by atoms with E-state index in [1.807, 2.05) is 13.8 Å². The van der Waals surface area contributed by atoms with Crippen LogP contribution in [0.5, 0.6) is 0 Å². The van der Waals surface area contributed by atoms with Gasteiger partial charge in [-0.15, -0.1) is 0 Å². The predicted molar refractivity (Wildman–Crippen MR) is 60.1 cm³/mol. The van der Waals surface area contributed by atoms with E-state index in [0.717, 1.165) is 0 Å².